The molecule has 0 bridgehead atoms. The average Bonchev–Trinajstić information content (AvgIpc) is 2.26. The summed E-state index contributed by atoms with van der Waals surface area (Å²) in [7, 11) is 0. The maximum absolute atomic E-state index is 5.40. The maximum Gasteiger partial charge on any atom is 0.105 e. The molecule has 0 atom stereocenters. The minimum Gasteiger partial charge on any atom is -0.335 e. The second-order valence-corrected chi connectivity index (χ2v) is 2.77. The summed E-state index contributed by atoms with van der Waals surface area (Å²) in [5.41, 5.74) is 6.48. The molecule has 1 aromatic heterocycles. The molecule has 0 aliphatic carbocycles. The molecule has 0 aromatic carbocycles. The van der Waals surface area contributed by atoms with Crippen molar-refractivity contribution in [3.63, 3.8) is 0 Å². The number of hydrogen-bond acceptors (Lipinski definition) is 2. The Morgan fingerprint density at radius 2 is 2.00 bits per heavy atom. The third-order valence-corrected chi connectivity index (χ3v) is 1.70. The number of nitrogens with two attached hydrogens (primary N) is 1. The summed E-state index contributed by atoms with van der Waals surface area (Å²) in [5, 5.41) is 0. The van der Waals surface area contributed by atoms with Gasteiger partial charge >= 0.3 is 0 Å². The van der Waals surface area contributed by atoms with E-state index in [4.69, 9.17) is 5.73 Å². The van der Waals surface area contributed by atoms with Crippen molar-refractivity contribution in [2.75, 3.05) is 6.54 Å². The van der Waals surface area contributed by atoms with E-state index in [0.29, 0.717) is 0 Å². The lowest BCUT2D eigenvalue weighted by molar-refractivity contribution is 0.633. The fourth-order valence-electron chi connectivity index (χ4n) is 1.16. The van der Waals surface area contributed by atoms with Crippen molar-refractivity contribution in [3.05, 3.63) is 17.7 Å². The lowest BCUT2D eigenvalue weighted by Gasteiger charge is -2.01. The van der Waals surface area contributed by atoms with Crippen molar-refractivity contribution in [1.29, 1.82) is 0 Å². The second-order valence-electron chi connectivity index (χ2n) is 2.77. The summed E-state index contributed by atoms with van der Waals surface area (Å²) in [6.07, 6.45) is 3.08. The standard InChI is InChI=1S/C8H15N3.2ClH/c1-7-6-11(5-3-4-9)8(2)10-7;;/h6H,3-5,9H2,1-2H3;2*1H. The Morgan fingerprint density at radius 3 is 2.38 bits per heavy atom. The van der Waals surface area contributed by atoms with E-state index in [9.17, 15) is 0 Å². The van der Waals surface area contributed by atoms with Gasteiger partial charge in [-0.2, -0.15) is 0 Å². The van der Waals surface area contributed by atoms with Crippen LogP contribution in [-0.4, -0.2) is 16.1 Å². The molecular weight excluding hydrogens is 209 g/mol. The molecule has 78 valence electrons. The quantitative estimate of drug-likeness (QED) is 0.852. The van der Waals surface area contributed by atoms with Crippen LogP contribution in [0.15, 0.2) is 6.20 Å². The summed E-state index contributed by atoms with van der Waals surface area (Å²) < 4.78 is 2.14. The molecule has 0 fully saturated rings. The predicted molar refractivity (Wildman–Crippen MR) is 59.9 cm³/mol. The van der Waals surface area contributed by atoms with E-state index < -0.39 is 0 Å². The zero-order valence-electron chi connectivity index (χ0n) is 7.99. The lowest BCUT2D eigenvalue weighted by atomic mass is 10.4. The number of aromatic nitrogens is 2. The third-order valence-electron chi connectivity index (χ3n) is 1.70. The Balaban J connectivity index is 0. The summed E-state index contributed by atoms with van der Waals surface area (Å²) in [5.74, 6) is 1.08. The van der Waals surface area contributed by atoms with Gasteiger partial charge in [-0.1, -0.05) is 0 Å². The molecule has 5 heteroatoms. The molecule has 2 N–H and O–H groups in total. The highest BCUT2D eigenvalue weighted by molar-refractivity contribution is 5.85. The van der Waals surface area contributed by atoms with E-state index in [1.807, 2.05) is 13.8 Å². The Labute approximate surface area is 91.5 Å². The number of imidazole rings is 1. The third kappa shape index (κ3) is 4.50. The minimum atomic E-state index is 0. The molecule has 0 aliphatic heterocycles. The smallest absolute Gasteiger partial charge is 0.105 e. The van der Waals surface area contributed by atoms with Gasteiger partial charge in [-0.05, 0) is 26.8 Å². The van der Waals surface area contributed by atoms with Crippen LogP contribution in [0.4, 0.5) is 0 Å². The monoisotopic (exact) mass is 225 g/mol. The van der Waals surface area contributed by atoms with Crippen molar-refractivity contribution >= 4 is 24.8 Å². The largest absolute Gasteiger partial charge is 0.335 e. The summed E-state index contributed by atoms with van der Waals surface area (Å²) in [4.78, 5) is 4.29. The van der Waals surface area contributed by atoms with E-state index in [1.54, 1.807) is 0 Å². The molecule has 0 radical (unpaired) electrons. The fraction of sp³-hybridized carbons (Fsp3) is 0.625. The molecule has 1 rings (SSSR count). The molecule has 1 heterocycles. The second kappa shape index (κ2) is 7.18. The molecular formula is C8H17Cl2N3. The van der Waals surface area contributed by atoms with Gasteiger partial charge in [0.05, 0.1) is 5.69 Å². The van der Waals surface area contributed by atoms with Crippen molar-refractivity contribution < 1.29 is 0 Å². The van der Waals surface area contributed by atoms with Gasteiger partial charge < -0.3 is 10.3 Å². The van der Waals surface area contributed by atoms with Crippen molar-refractivity contribution in [2.24, 2.45) is 5.73 Å². The molecule has 0 aliphatic rings. The molecule has 0 spiro atoms. The van der Waals surface area contributed by atoms with Gasteiger partial charge in [0.25, 0.3) is 0 Å². The number of hydrogen-bond donors (Lipinski definition) is 1. The molecule has 3 nitrogen and oxygen atoms in total. The van der Waals surface area contributed by atoms with Crippen LogP contribution in [0, 0.1) is 13.8 Å². The van der Waals surface area contributed by atoms with Crippen LogP contribution in [0.3, 0.4) is 0 Å². The van der Waals surface area contributed by atoms with Gasteiger partial charge in [-0.25, -0.2) is 4.98 Å². The highest BCUT2D eigenvalue weighted by atomic mass is 35.5. The van der Waals surface area contributed by atoms with Gasteiger partial charge in [-0.3, -0.25) is 0 Å². The molecule has 0 amide bonds. The summed E-state index contributed by atoms with van der Waals surface area (Å²) in [6, 6.07) is 0. The van der Waals surface area contributed by atoms with E-state index in [1.165, 1.54) is 0 Å². The van der Waals surface area contributed by atoms with Crippen LogP contribution in [-0.2, 0) is 6.54 Å². The fourth-order valence-corrected chi connectivity index (χ4v) is 1.16. The van der Waals surface area contributed by atoms with Crippen LogP contribution in [0.2, 0.25) is 0 Å². The maximum atomic E-state index is 5.40. The number of nitrogens with zero attached hydrogens (tertiary/aromatic N) is 2. The molecule has 0 unspecified atom stereocenters. The van der Waals surface area contributed by atoms with Gasteiger partial charge in [0.2, 0.25) is 0 Å². The van der Waals surface area contributed by atoms with Gasteiger partial charge in [-0.15, -0.1) is 24.8 Å². The predicted octanol–water partition coefficient (Wildman–Crippen LogP) is 1.69. The van der Waals surface area contributed by atoms with Crippen molar-refractivity contribution in [1.82, 2.24) is 9.55 Å². The lowest BCUT2D eigenvalue weighted by Crippen LogP contribution is -2.06. The first-order valence-electron chi connectivity index (χ1n) is 3.94. The van der Waals surface area contributed by atoms with Gasteiger partial charge in [0.15, 0.2) is 0 Å². The molecule has 0 saturated carbocycles. The van der Waals surface area contributed by atoms with Gasteiger partial charge in [0.1, 0.15) is 5.82 Å². The normalized spacial score (nSPS) is 8.85. The Bertz CT molecular complexity index is 235. The first-order valence-corrected chi connectivity index (χ1v) is 3.94. The summed E-state index contributed by atoms with van der Waals surface area (Å²) in [6.45, 7) is 5.76. The number of halogens is 2. The average molecular weight is 226 g/mol. The SMILES string of the molecule is Cc1cn(CCCN)c(C)n1.Cl.Cl. The zero-order valence-corrected chi connectivity index (χ0v) is 9.62. The van der Waals surface area contributed by atoms with E-state index in [0.717, 1.165) is 31.0 Å². The van der Waals surface area contributed by atoms with E-state index in [2.05, 4.69) is 15.7 Å². The summed E-state index contributed by atoms with van der Waals surface area (Å²) >= 11 is 0. The topological polar surface area (TPSA) is 43.8 Å². The Morgan fingerprint density at radius 1 is 1.38 bits per heavy atom. The first-order chi connectivity index (χ1) is 5.24. The van der Waals surface area contributed by atoms with Crippen molar-refractivity contribution in [2.45, 2.75) is 26.8 Å². The molecule has 1 aromatic rings. The van der Waals surface area contributed by atoms with Gasteiger partial charge in [0, 0.05) is 12.7 Å². The zero-order chi connectivity index (χ0) is 8.27. The van der Waals surface area contributed by atoms with Crippen LogP contribution < -0.4 is 5.73 Å². The van der Waals surface area contributed by atoms with E-state index >= 15 is 0 Å². The van der Waals surface area contributed by atoms with Crippen molar-refractivity contribution in [3.8, 4) is 0 Å². The van der Waals surface area contributed by atoms with Crippen LogP contribution in [0.1, 0.15) is 17.9 Å². The van der Waals surface area contributed by atoms with Crippen LogP contribution in [0.25, 0.3) is 0 Å². The van der Waals surface area contributed by atoms with E-state index in [-0.39, 0.29) is 24.8 Å². The Hall–Kier alpha value is -0.250. The van der Waals surface area contributed by atoms with Crippen LogP contribution in [0.5, 0.6) is 0 Å². The highest BCUT2D eigenvalue weighted by Crippen LogP contribution is 2.01. The highest BCUT2D eigenvalue weighted by Gasteiger charge is 1.97. The molecule has 13 heavy (non-hydrogen) atoms. The Kier molecular flexibility index (Phi) is 8.42. The minimum absolute atomic E-state index is 0. The number of rotatable bonds is 3. The van der Waals surface area contributed by atoms with Crippen LogP contribution >= 0.6 is 24.8 Å². The first kappa shape index (κ1) is 15.2. The molecule has 0 saturated heterocycles. The number of aryl methyl sites for hydroxylation is 3.